The summed E-state index contributed by atoms with van der Waals surface area (Å²) in [5.74, 6) is 0. The fraction of sp³-hybridized carbons (Fsp3) is 0.538. The van der Waals surface area contributed by atoms with Gasteiger partial charge in [-0.25, -0.2) is 0 Å². The number of nitro groups is 1. The minimum Gasteiger partial charge on any atom is -0.398 e. The number of nitrogen functional groups attached to an aromatic ring is 1. The number of benzene rings is 1. The second kappa shape index (κ2) is 5.99. The normalized spacial score (nSPS) is 16.7. The lowest BCUT2D eigenvalue weighted by Gasteiger charge is -2.31. The third kappa shape index (κ3) is 3.42. The molecule has 0 spiro atoms. The Morgan fingerprint density at radius 2 is 2.16 bits per heavy atom. The third-order valence-electron chi connectivity index (χ3n) is 3.57. The number of nitrogens with zero attached hydrogens (tertiary/aromatic N) is 2. The first kappa shape index (κ1) is 13.8. The summed E-state index contributed by atoms with van der Waals surface area (Å²) in [6.45, 7) is 2.18. The van der Waals surface area contributed by atoms with Crippen LogP contribution in [-0.4, -0.2) is 36.1 Å². The molecule has 104 valence electrons. The van der Waals surface area contributed by atoms with Gasteiger partial charge >= 0.3 is 0 Å². The number of non-ortho nitro benzene ring substituents is 1. The van der Waals surface area contributed by atoms with Gasteiger partial charge in [-0.1, -0.05) is 0 Å². The average Bonchev–Trinajstić information content (AvgIpc) is 2.42. The average molecular weight is 265 g/mol. The Morgan fingerprint density at radius 3 is 2.79 bits per heavy atom. The third-order valence-corrected chi connectivity index (χ3v) is 3.57. The molecule has 0 radical (unpaired) electrons. The first-order valence-electron chi connectivity index (χ1n) is 6.38. The maximum Gasteiger partial charge on any atom is 0.269 e. The van der Waals surface area contributed by atoms with Gasteiger partial charge in [0.25, 0.3) is 5.69 Å². The van der Waals surface area contributed by atoms with E-state index in [0.717, 1.165) is 31.6 Å². The highest BCUT2D eigenvalue weighted by atomic mass is 16.6. The molecule has 0 bridgehead atoms. The molecule has 1 heterocycles. The largest absolute Gasteiger partial charge is 0.398 e. The first-order valence-corrected chi connectivity index (χ1v) is 6.38. The van der Waals surface area contributed by atoms with Crippen molar-refractivity contribution < 1.29 is 9.66 Å². The fourth-order valence-corrected chi connectivity index (χ4v) is 2.37. The summed E-state index contributed by atoms with van der Waals surface area (Å²) in [6, 6.07) is 5.05. The molecule has 19 heavy (non-hydrogen) atoms. The Bertz CT molecular complexity index is 458. The molecule has 2 N–H and O–H groups in total. The van der Waals surface area contributed by atoms with Crippen LogP contribution in [0.25, 0.3) is 0 Å². The van der Waals surface area contributed by atoms with Crippen molar-refractivity contribution in [2.24, 2.45) is 0 Å². The van der Waals surface area contributed by atoms with Crippen LogP contribution in [0.5, 0.6) is 0 Å². The minimum absolute atomic E-state index is 0.0876. The summed E-state index contributed by atoms with van der Waals surface area (Å²) >= 11 is 0. The molecule has 1 aromatic rings. The van der Waals surface area contributed by atoms with Gasteiger partial charge in [-0.2, -0.15) is 0 Å². The van der Waals surface area contributed by atoms with Crippen LogP contribution in [-0.2, 0) is 11.3 Å². The lowest BCUT2D eigenvalue weighted by molar-refractivity contribution is -0.384. The van der Waals surface area contributed by atoms with Gasteiger partial charge in [-0.15, -0.1) is 0 Å². The predicted octanol–water partition coefficient (Wildman–Crippen LogP) is 1.79. The Labute approximate surface area is 112 Å². The van der Waals surface area contributed by atoms with E-state index in [9.17, 15) is 10.1 Å². The van der Waals surface area contributed by atoms with Crippen LogP contribution < -0.4 is 5.73 Å². The van der Waals surface area contributed by atoms with E-state index < -0.39 is 4.92 Å². The summed E-state index contributed by atoms with van der Waals surface area (Å²) < 4.78 is 5.33. The number of anilines is 1. The van der Waals surface area contributed by atoms with E-state index in [2.05, 4.69) is 4.90 Å². The molecular formula is C13H19N3O3. The Morgan fingerprint density at radius 1 is 1.47 bits per heavy atom. The van der Waals surface area contributed by atoms with Gasteiger partial charge in [0.15, 0.2) is 0 Å². The fourth-order valence-electron chi connectivity index (χ4n) is 2.37. The van der Waals surface area contributed by atoms with Crippen LogP contribution in [0.15, 0.2) is 18.2 Å². The van der Waals surface area contributed by atoms with Crippen LogP contribution in [0.3, 0.4) is 0 Å². The molecule has 0 unspecified atom stereocenters. The Balaban J connectivity index is 2.08. The number of hydrogen-bond acceptors (Lipinski definition) is 5. The molecule has 0 aliphatic carbocycles. The Hall–Kier alpha value is -1.66. The summed E-state index contributed by atoms with van der Waals surface area (Å²) in [5, 5.41) is 10.8. The van der Waals surface area contributed by atoms with Crippen molar-refractivity contribution in [2.45, 2.75) is 25.4 Å². The van der Waals surface area contributed by atoms with Gasteiger partial charge in [0, 0.05) is 43.6 Å². The molecule has 6 nitrogen and oxygen atoms in total. The molecular weight excluding hydrogens is 246 g/mol. The quantitative estimate of drug-likeness (QED) is 0.510. The molecule has 1 aliphatic rings. The molecule has 0 amide bonds. The maximum absolute atomic E-state index is 10.8. The predicted molar refractivity (Wildman–Crippen MR) is 72.8 cm³/mol. The molecule has 0 saturated carbocycles. The summed E-state index contributed by atoms with van der Waals surface area (Å²) in [4.78, 5) is 12.6. The van der Waals surface area contributed by atoms with Crippen LogP contribution in [0.1, 0.15) is 18.4 Å². The van der Waals surface area contributed by atoms with Crippen molar-refractivity contribution in [3.8, 4) is 0 Å². The molecule has 1 aliphatic heterocycles. The second-order valence-corrected chi connectivity index (χ2v) is 4.90. The van der Waals surface area contributed by atoms with Gasteiger partial charge in [0.1, 0.15) is 0 Å². The molecule has 2 rings (SSSR count). The number of nitrogens with two attached hydrogens (primary N) is 1. The van der Waals surface area contributed by atoms with E-state index in [1.807, 2.05) is 7.05 Å². The lowest BCUT2D eigenvalue weighted by atomic mass is 10.1. The zero-order valence-electron chi connectivity index (χ0n) is 11.0. The summed E-state index contributed by atoms with van der Waals surface area (Å²) in [7, 11) is 2.02. The van der Waals surface area contributed by atoms with Gasteiger partial charge in [0.2, 0.25) is 0 Å². The van der Waals surface area contributed by atoms with E-state index in [-0.39, 0.29) is 5.69 Å². The van der Waals surface area contributed by atoms with Crippen LogP contribution in [0.2, 0.25) is 0 Å². The van der Waals surface area contributed by atoms with Crippen molar-refractivity contribution in [2.75, 3.05) is 26.0 Å². The van der Waals surface area contributed by atoms with Gasteiger partial charge in [-0.3, -0.25) is 15.0 Å². The van der Waals surface area contributed by atoms with Crippen molar-refractivity contribution in [1.82, 2.24) is 4.90 Å². The molecule has 0 atom stereocenters. The van der Waals surface area contributed by atoms with Crippen LogP contribution in [0, 0.1) is 10.1 Å². The number of ether oxygens (including phenoxy) is 1. The van der Waals surface area contributed by atoms with Crippen LogP contribution in [0.4, 0.5) is 11.4 Å². The Kier molecular flexibility index (Phi) is 4.34. The van der Waals surface area contributed by atoms with Crippen LogP contribution >= 0.6 is 0 Å². The smallest absolute Gasteiger partial charge is 0.269 e. The molecule has 1 saturated heterocycles. The number of rotatable bonds is 4. The highest BCUT2D eigenvalue weighted by Crippen LogP contribution is 2.23. The van der Waals surface area contributed by atoms with Gasteiger partial charge < -0.3 is 10.5 Å². The van der Waals surface area contributed by atoms with E-state index in [1.54, 1.807) is 12.1 Å². The van der Waals surface area contributed by atoms with Gasteiger partial charge in [0.05, 0.1) is 4.92 Å². The van der Waals surface area contributed by atoms with Crippen molar-refractivity contribution >= 4 is 11.4 Å². The first-order chi connectivity index (χ1) is 9.08. The van der Waals surface area contributed by atoms with E-state index in [4.69, 9.17) is 10.5 Å². The zero-order chi connectivity index (χ0) is 13.8. The van der Waals surface area contributed by atoms with Crippen molar-refractivity contribution in [1.29, 1.82) is 0 Å². The standard InChI is InChI=1S/C13H19N3O3/c1-15(11-4-6-19-7-5-11)9-10-8-12(16(17)18)2-3-13(10)14/h2-3,8,11H,4-7,9,14H2,1H3. The number of nitro benzene ring substituents is 1. The molecule has 1 fully saturated rings. The van der Waals surface area contributed by atoms with Gasteiger partial charge in [-0.05, 0) is 31.5 Å². The summed E-state index contributed by atoms with van der Waals surface area (Å²) in [6.07, 6.45) is 1.98. The maximum atomic E-state index is 10.8. The highest BCUT2D eigenvalue weighted by Gasteiger charge is 2.19. The SMILES string of the molecule is CN(Cc1cc([N+](=O)[O-])ccc1N)C1CCOCC1. The minimum atomic E-state index is -0.391. The second-order valence-electron chi connectivity index (χ2n) is 4.90. The molecule has 6 heteroatoms. The molecule has 0 aromatic heterocycles. The van der Waals surface area contributed by atoms with E-state index in [1.165, 1.54) is 6.07 Å². The monoisotopic (exact) mass is 265 g/mol. The lowest BCUT2D eigenvalue weighted by Crippen LogP contribution is -2.36. The van der Waals surface area contributed by atoms with Crippen molar-refractivity contribution in [3.05, 3.63) is 33.9 Å². The highest BCUT2D eigenvalue weighted by molar-refractivity contribution is 5.52. The molecule has 1 aromatic carbocycles. The number of hydrogen-bond donors (Lipinski definition) is 1. The topological polar surface area (TPSA) is 81.6 Å². The zero-order valence-corrected chi connectivity index (χ0v) is 11.0. The van der Waals surface area contributed by atoms with Crippen molar-refractivity contribution in [3.63, 3.8) is 0 Å². The summed E-state index contributed by atoms with van der Waals surface area (Å²) in [5.41, 5.74) is 7.39. The van der Waals surface area contributed by atoms with E-state index >= 15 is 0 Å². The van der Waals surface area contributed by atoms with E-state index in [0.29, 0.717) is 18.3 Å².